The second-order valence-corrected chi connectivity index (χ2v) is 3.52. The summed E-state index contributed by atoms with van der Waals surface area (Å²) in [7, 11) is 0. The third-order valence-corrected chi connectivity index (χ3v) is 2.27. The average Bonchev–Trinajstić information content (AvgIpc) is 2.50. The minimum absolute atomic E-state index is 0. The van der Waals surface area contributed by atoms with Crippen molar-refractivity contribution in [1.82, 2.24) is 10.2 Å². The van der Waals surface area contributed by atoms with Gasteiger partial charge in [-0.25, -0.2) is 0 Å². The van der Waals surface area contributed by atoms with Crippen LogP contribution in [0.2, 0.25) is 0 Å². The smallest absolute Gasteiger partial charge is 0.0695 e. The van der Waals surface area contributed by atoms with Gasteiger partial charge in [-0.3, -0.25) is 5.10 Å². The Morgan fingerprint density at radius 2 is 2.23 bits per heavy atom. The van der Waals surface area contributed by atoms with E-state index in [0.717, 1.165) is 20.9 Å². The van der Waals surface area contributed by atoms with Crippen LogP contribution in [0.1, 0.15) is 5.56 Å². The Bertz CT molecular complexity index is 413. The molecule has 0 bridgehead atoms. The first-order chi connectivity index (χ1) is 5.81. The van der Waals surface area contributed by atoms with Gasteiger partial charge in [0.25, 0.3) is 0 Å². The third kappa shape index (κ3) is 1.85. The molecule has 3 nitrogen and oxygen atoms in total. The molecule has 2 rings (SSSR count). The summed E-state index contributed by atoms with van der Waals surface area (Å²) < 4.78 is 1.04. The molecule has 0 atom stereocenters. The molecule has 1 aromatic heterocycles. The Kier molecular flexibility index (Phi) is 3.30. The van der Waals surface area contributed by atoms with Gasteiger partial charge in [-0.2, -0.15) is 5.10 Å². The van der Waals surface area contributed by atoms with Crippen LogP contribution in [0.4, 0.5) is 0 Å². The topological polar surface area (TPSA) is 54.7 Å². The highest BCUT2D eigenvalue weighted by atomic mass is 79.9. The number of benzene rings is 1. The standard InChI is InChI=1S/C8H8BrN3.ClH/c9-7-1-5(3-10)8-6(2-7)4-11-12-8;/h1-2,4H,3,10H2,(H,11,12);1H. The van der Waals surface area contributed by atoms with Crippen molar-refractivity contribution in [3.8, 4) is 0 Å². The molecular formula is C8H9BrClN3. The molecule has 0 spiro atoms. The second kappa shape index (κ2) is 4.09. The summed E-state index contributed by atoms with van der Waals surface area (Å²) in [4.78, 5) is 0. The maximum Gasteiger partial charge on any atom is 0.0695 e. The highest BCUT2D eigenvalue weighted by Gasteiger charge is 2.02. The number of nitrogens with one attached hydrogen (secondary N) is 1. The number of hydrogen-bond donors (Lipinski definition) is 2. The summed E-state index contributed by atoms with van der Waals surface area (Å²) in [5, 5.41) is 7.95. The van der Waals surface area contributed by atoms with E-state index in [9.17, 15) is 0 Å². The number of H-pyrrole nitrogens is 1. The lowest BCUT2D eigenvalue weighted by molar-refractivity contribution is 1.05. The van der Waals surface area contributed by atoms with E-state index in [4.69, 9.17) is 5.73 Å². The quantitative estimate of drug-likeness (QED) is 0.828. The SMILES string of the molecule is Cl.NCc1cc(Br)cc2cn[nH]c12. The number of nitrogens with two attached hydrogens (primary N) is 1. The minimum Gasteiger partial charge on any atom is -0.326 e. The fourth-order valence-corrected chi connectivity index (χ4v) is 1.77. The number of aromatic amines is 1. The van der Waals surface area contributed by atoms with Crippen LogP contribution in [0, 0.1) is 0 Å². The van der Waals surface area contributed by atoms with E-state index in [-0.39, 0.29) is 12.4 Å². The molecule has 0 saturated heterocycles. The highest BCUT2D eigenvalue weighted by molar-refractivity contribution is 9.10. The van der Waals surface area contributed by atoms with Gasteiger partial charge in [-0.05, 0) is 17.7 Å². The van der Waals surface area contributed by atoms with Crippen molar-refractivity contribution in [2.24, 2.45) is 5.73 Å². The van der Waals surface area contributed by atoms with Crippen LogP contribution in [0.25, 0.3) is 10.9 Å². The van der Waals surface area contributed by atoms with Gasteiger partial charge in [0, 0.05) is 16.4 Å². The Morgan fingerprint density at radius 3 is 2.92 bits per heavy atom. The van der Waals surface area contributed by atoms with Crippen LogP contribution in [0.15, 0.2) is 22.8 Å². The zero-order valence-electron chi connectivity index (χ0n) is 6.75. The monoisotopic (exact) mass is 261 g/mol. The Hall–Kier alpha value is -0.580. The van der Waals surface area contributed by atoms with Crippen molar-refractivity contribution in [2.75, 3.05) is 0 Å². The fraction of sp³-hybridized carbons (Fsp3) is 0.125. The van der Waals surface area contributed by atoms with Gasteiger partial charge < -0.3 is 5.73 Å². The Balaban J connectivity index is 0.000000845. The molecule has 0 aliphatic rings. The van der Waals surface area contributed by atoms with E-state index in [0.29, 0.717) is 6.54 Å². The second-order valence-electron chi connectivity index (χ2n) is 2.60. The number of halogens is 2. The van der Waals surface area contributed by atoms with Crippen LogP contribution < -0.4 is 5.73 Å². The molecule has 0 fully saturated rings. The minimum atomic E-state index is 0. The van der Waals surface area contributed by atoms with Crippen LogP contribution in [0.3, 0.4) is 0 Å². The number of fused-ring (bicyclic) bond motifs is 1. The zero-order chi connectivity index (χ0) is 8.55. The van der Waals surface area contributed by atoms with E-state index >= 15 is 0 Å². The van der Waals surface area contributed by atoms with Crippen molar-refractivity contribution in [3.05, 3.63) is 28.4 Å². The predicted octanol–water partition coefficient (Wildman–Crippen LogP) is 2.21. The number of aromatic nitrogens is 2. The van der Waals surface area contributed by atoms with Crippen LogP contribution in [-0.4, -0.2) is 10.2 Å². The first-order valence-corrected chi connectivity index (χ1v) is 4.42. The maximum atomic E-state index is 5.58. The average molecular weight is 263 g/mol. The van der Waals surface area contributed by atoms with E-state index in [1.54, 1.807) is 6.20 Å². The Morgan fingerprint density at radius 1 is 1.46 bits per heavy atom. The maximum absolute atomic E-state index is 5.58. The van der Waals surface area contributed by atoms with Crippen molar-refractivity contribution < 1.29 is 0 Å². The summed E-state index contributed by atoms with van der Waals surface area (Å²) in [6.45, 7) is 0.526. The molecule has 0 aliphatic carbocycles. The fourth-order valence-electron chi connectivity index (χ4n) is 1.25. The molecule has 0 radical (unpaired) electrons. The predicted molar refractivity (Wildman–Crippen MR) is 58.9 cm³/mol. The van der Waals surface area contributed by atoms with E-state index in [2.05, 4.69) is 26.1 Å². The summed E-state index contributed by atoms with van der Waals surface area (Å²) in [5.74, 6) is 0. The van der Waals surface area contributed by atoms with Gasteiger partial charge in [-0.1, -0.05) is 15.9 Å². The number of hydrogen-bond acceptors (Lipinski definition) is 2. The normalized spacial score (nSPS) is 10.0. The van der Waals surface area contributed by atoms with E-state index in [1.807, 2.05) is 12.1 Å². The van der Waals surface area contributed by atoms with Gasteiger partial charge in [0.1, 0.15) is 0 Å². The van der Waals surface area contributed by atoms with Gasteiger partial charge in [0.05, 0.1) is 11.7 Å². The van der Waals surface area contributed by atoms with Crippen molar-refractivity contribution >= 4 is 39.2 Å². The molecular weight excluding hydrogens is 253 g/mol. The first kappa shape index (κ1) is 10.5. The molecule has 0 unspecified atom stereocenters. The summed E-state index contributed by atoms with van der Waals surface area (Å²) in [5.41, 5.74) is 7.68. The summed E-state index contributed by atoms with van der Waals surface area (Å²) in [6.07, 6.45) is 1.79. The van der Waals surface area contributed by atoms with E-state index in [1.165, 1.54) is 0 Å². The largest absolute Gasteiger partial charge is 0.326 e. The molecule has 1 heterocycles. The van der Waals surface area contributed by atoms with Crippen molar-refractivity contribution in [1.29, 1.82) is 0 Å². The number of rotatable bonds is 1. The molecule has 70 valence electrons. The van der Waals surface area contributed by atoms with Crippen molar-refractivity contribution in [2.45, 2.75) is 6.54 Å². The first-order valence-electron chi connectivity index (χ1n) is 3.63. The molecule has 0 aliphatic heterocycles. The molecule has 13 heavy (non-hydrogen) atoms. The zero-order valence-corrected chi connectivity index (χ0v) is 9.15. The van der Waals surface area contributed by atoms with Crippen LogP contribution in [-0.2, 0) is 6.54 Å². The Labute approximate surface area is 90.2 Å². The number of nitrogens with zero attached hydrogens (tertiary/aromatic N) is 1. The molecule has 1 aromatic carbocycles. The van der Waals surface area contributed by atoms with Crippen molar-refractivity contribution in [3.63, 3.8) is 0 Å². The molecule has 5 heteroatoms. The molecule has 3 N–H and O–H groups in total. The molecule has 2 aromatic rings. The lowest BCUT2D eigenvalue weighted by atomic mass is 10.1. The third-order valence-electron chi connectivity index (χ3n) is 1.82. The van der Waals surface area contributed by atoms with Gasteiger partial charge in [-0.15, -0.1) is 12.4 Å². The van der Waals surface area contributed by atoms with Crippen LogP contribution >= 0.6 is 28.3 Å². The van der Waals surface area contributed by atoms with Gasteiger partial charge in [0.15, 0.2) is 0 Å². The summed E-state index contributed by atoms with van der Waals surface area (Å²) in [6, 6.07) is 4.01. The molecule has 0 amide bonds. The van der Waals surface area contributed by atoms with Gasteiger partial charge in [0.2, 0.25) is 0 Å². The van der Waals surface area contributed by atoms with Gasteiger partial charge >= 0.3 is 0 Å². The van der Waals surface area contributed by atoms with Crippen LogP contribution in [0.5, 0.6) is 0 Å². The lowest BCUT2D eigenvalue weighted by Crippen LogP contribution is -1.97. The van der Waals surface area contributed by atoms with E-state index < -0.39 is 0 Å². The summed E-state index contributed by atoms with van der Waals surface area (Å²) >= 11 is 3.41. The lowest BCUT2D eigenvalue weighted by Gasteiger charge is -1.99. The highest BCUT2D eigenvalue weighted by Crippen LogP contribution is 2.21. The molecule has 0 saturated carbocycles.